The third-order valence-electron chi connectivity index (χ3n) is 4.13. The van der Waals surface area contributed by atoms with Gasteiger partial charge in [-0.2, -0.15) is 10.5 Å². The van der Waals surface area contributed by atoms with Gasteiger partial charge in [0.05, 0.1) is 31.5 Å². The van der Waals surface area contributed by atoms with Crippen molar-refractivity contribution < 1.29 is 19.0 Å². The number of carbonyl (C=O) groups is 1. The van der Waals surface area contributed by atoms with Crippen LogP contribution in [0.4, 0.5) is 0 Å². The molecule has 0 aliphatic rings. The summed E-state index contributed by atoms with van der Waals surface area (Å²) in [6.45, 7) is 5.73. The summed E-state index contributed by atoms with van der Waals surface area (Å²) in [5.41, 5.74) is 2.18. The molecule has 0 radical (unpaired) electrons. The molecule has 6 heteroatoms. The normalized spacial score (nSPS) is 10.8. The van der Waals surface area contributed by atoms with Crippen LogP contribution in [0.25, 0.3) is 11.1 Å². The number of hydrogen-bond donors (Lipinski definition) is 0. The Labute approximate surface area is 176 Å². The molecular weight excluding hydrogens is 380 g/mol. The fraction of sp³-hybridized carbons (Fsp3) is 0.208. The molecule has 0 aromatic heterocycles. The average Bonchev–Trinajstić information content (AvgIpc) is 2.77. The van der Waals surface area contributed by atoms with E-state index in [1.165, 1.54) is 0 Å². The predicted octanol–water partition coefficient (Wildman–Crippen LogP) is 4.54. The lowest BCUT2D eigenvalue weighted by Gasteiger charge is -2.09. The summed E-state index contributed by atoms with van der Waals surface area (Å²) in [5, 5.41) is 19.2. The highest BCUT2D eigenvalue weighted by Gasteiger charge is 2.12. The van der Waals surface area contributed by atoms with Gasteiger partial charge < -0.3 is 14.2 Å². The van der Waals surface area contributed by atoms with Crippen molar-refractivity contribution >= 4 is 17.1 Å². The molecule has 0 N–H and O–H groups in total. The standard InChI is InChI=1S/C24H22N2O4/c1-17(2)24(27)30-14-4-13-29-21-11-7-19(8-12-21)23(16-26)22(15-25)18-5-9-20(28-3)10-6-18/h5-12H,1,4,13-14H2,2-3H3/b23-22+. The Hall–Kier alpha value is -4.03. The second-order valence-corrected chi connectivity index (χ2v) is 6.34. The molecule has 0 amide bonds. The first-order chi connectivity index (χ1) is 14.5. The van der Waals surface area contributed by atoms with E-state index in [0.29, 0.717) is 41.2 Å². The van der Waals surface area contributed by atoms with Gasteiger partial charge in [-0.05, 0) is 66.6 Å². The number of allylic oxidation sites excluding steroid dienone is 2. The van der Waals surface area contributed by atoms with Gasteiger partial charge in [-0.25, -0.2) is 4.79 Å². The van der Waals surface area contributed by atoms with E-state index in [-0.39, 0.29) is 17.8 Å². The molecule has 2 aromatic rings. The van der Waals surface area contributed by atoms with E-state index in [2.05, 4.69) is 18.7 Å². The Kier molecular flexibility index (Phi) is 8.23. The molecule has 152 valence electrons. The summed E-state index contributed by atoms with van der Waals surface area (Å²) in [6.07, 6.45) is 0.542. The Morgan fingerprint density at radius 3 is 1.83 bits per heavy atom. The second kappa shape index (κ2) is 11.1. The Bertz CT molecular complexity index is 1010. The van der Waals surface area contributed by atoms with Crippen LogP contribution in [-0.2, 0) is 9.53 Å². The van der Waals surface area contributed by atoms with Crippen molar-refractivity contribution in [1.29, 1.82) is 10.5 Å². The number of hydrogen-bond acceptors (Lipinski definition) is 6. The summed E-state index contributed by atoms with van der Waals surface area (Å²) < 4.78 is 15.8. The van der Waals surface area contributed by atoms with Crippen molar-refractivity contribution in [2.45, 2.75) is 13.3 Å². The van der Waals surface area contributed by atoms with E-state index < -0.39 is 5.97 Å². The lowest BCUT2D eigenvalue weighted by molar-refractivity contribution is -0.139. The highest BCUT2D eigenvalue weighted by Crippen LogP contribution is 2.28. The van der Waals surface area contributed by atoms with E-state index in [1.54, 1.807) is 62.6 Å². The Morgan fingerprint density at radius 2 is 1.40 bits per heavy atom. The van der Waals surface area contributed by atoms with Crippen molar-refractivity contribution in [3.05, 3.63) is 71.8 Å². The van der Waals surface area contributed by atoms with E-state index in [4.69, 9.17) is 14.2 Å². The van der Waals surface area contributed by atoms with Crippen molar-refractivity contribution in [1.82, 2.24) is 0 Å². The topological polar surface area (TPSA) is 92.3 Å². The van der Waals surface area contributed by atoms with E-state index >= 15 is 0 Å². The van der Waals surface area contributed by atoms with Gasteiger partial charge in [-0.1, -0.05) is 6.58 Å². The zero-order chi connectivity index (χ0) is 21.9. The monoisotopic (exact) mass is 402 g/mol. The molecule has 0 heterocycles. The van der Waals surface area contributed by atoms with Gasteiger partial charge in [-0.3, -0.25) is 0 Å². The molecule has 0 spiro atoms. The fourth-order valence-corrected chi connectivity index (χ4v) is 2.54. The fourth-order valence-electron chi connectivity index (χ4n) is 2.54. The summed E-state index contributed by atoms with van der Waals surface area (Å²) in [4.78, 5) is 11.3. The Balaban J connectivity index is 2.06. The molecule has 0 saturated heterocycles. The molecule has 0 saturated carbocycles. The van der Waals surface area contributed by atoms with Crippen molar-refractivity contribution in [2.75, 3.05) is 20.3 Å². The smallest absolute Gasteiger partial charge is 0.333 e. The van der Waals surface area contributed by atoms with Crippen LogP contribution >= 0.6 is 0 Å². The van der Waals surface area contributed by atoms with Crippen LogP contribution in [0.3, 0.4) is 0 Å². The van der Waals surface area contributed by atoms with Gasteiger partial charge >= 0.3 is 5.97 Å². The van der Waals surface area contributed by atoms with Gasteiger partial charge in [0, 0.05) is 12.0 Å². The predicted molar refractivity (Wildman–Crippen MR) is 113 cm³/mol. The average molecular weight is 402 g/mol. The maximum atomic E-state index is 11.3. The van der Waals surface area contributed by atoms with E-state index in [1.807, 2.05) is 0 Å². The van der Waals surface area contributed by atoms with Crippen LogP contribution < -0.4 is 9.47 Å². The number of carbonyl (C=O) groups excluding carboxylic acids is 1. The van der Waals surface area contributed by atoms with Gasteiger partial charge in [0.25, 0.3) is 0 Å². The quantitative estimate of drug-likeness (QED) is 0.201. The van der Waals surface area contributed by atoms with Gasteiger partial charge in [0.2, 0.25) is 0 Å². The first-order valence-corrected chi connectivity index (χ1v) is 9.25. The molecule has 0 aliphatic heterocycles. The van der Waals surface area contributed by atoms with E-state index in [9.17, 15) is 15.3 Å². The van der Waals surface area contributed by atoms with Crippen LogP contribution in [0.5, 0.6) is 11.5 Å². The number of ether oxygens (including phenoxy) is 3. The Morgan fingerprint density at radius 1 is 0.900 bits per heavy atom. The van der Waals surface area contributed by atoms with Crippen LogP contribution in [0.15, 0.2) is 60.7 Å². The third kappa shape index (κ3) is 5.98. The molecule has 0 fully saturated rings. The van der Waals surface area contributed by atoms with Crippen molar-refractivity contribution in [3.63, 3.8) is 0 Å². The summed E-state index contributed by atoms with van der Waals surface area (Å²) in [6, 6.07) is 18.1. The molecule has 30 heavy (non-hydrogen) atoms. The zero-order valence-electron chi connectivity index (χ0n) is 17.0. The maximum absolute atomic E-state index is 11.3. The number of benzene rings is 2. The summed E-state index contributed by atoms with van der Waals surface area (Å²) >= 11 is 0. The van der Waals surface area contributed by atoms with Crippen LogP contribution in [0, 0.1) is 22.7 Å². The molecule has 0 aliphatic carbocycles. The number of nitriles is 2. The van der Waals surface area contributed by atoms with Crippen LogP contribution in [0.2, 0.25) is 0 Å². The molecule has 0 bridgehead atoms. The molecule has 0 atom stereocenters. The van der Waals surface area contributed by atoms with Crippen molar-refractivity contribution in [2.24, 2.45) is 0 Å². The minimum absolute atomic E-state index is 0.248. The highest BCUT2D eigenvalue weighted by atomic mass is 16.5. The summed E-state index contributed by atoms with van der Waals surface area (Å²) in [5.74, 6) is 0.871. The second-order valence-electron chi connectivity index (χ2n) is 6.34. The number of esters is 1. The van der Waals surface area contributed by atoms with E-state index in [0.717, 1.165) is 0 Å². The largest absolute Gasteiger partial charge is 0.497 e. The first-order valence-electron chi connectivity index (χ1n) is 9.25. The lowest BCUT2D eigenvalue weighted by atomic mass is 9.96. The van der Waals surface area contributed by atoms with Gasteiger partial charge in [0.1, 0.15) is 23.6 Å². The minimum atomic E-state index is -0.416. The molecular formula is C24H22N2O4. The lowest BCUT2D eigenvalue weighted by Crippen LogP contribution is -2.09. The van der Waals surface area contributed by atoms with Gasteiger partial charge in [-0.15, -0.1) is 0 Å². The van der Waals surface area contributed by atoms with Gasteiger partial charge in [0.15, 0.2) is 0 Å². The number of methoxy groups -OCH3 is 1. The SMILES string of the molecule is C=C(C)C(=O)OCCCOc1ccc(/C(C#N)=C(\C#N)c2ccc(OC)cc2)cc1. The highest BCUT2D eigenvalue weighted by molar-refractivity contribution is 6.02. The molecule has 2 aromatic carbocycles. The summed E-state index contributed by atoms with van der Waals surface area (Å²) in [7, 11) is 1.56. The van der Waals surface area contributed by atoms with Crippen LogP contribution in [-0.4, -0.2) is 26.3 Å². The van der Waals surface area contributed by atoms with Crippen molar-refractivity contribution in [3.8, 4) is 23.6 Å². The first kappa shape index (κ1) is 22.3. The van der Waals surface area contributed by atoms with Crippen LogP contribution in [0.1, 0.15) is 24.5 Å². The zero-order valence-corrected chi connectivity index (χ0v) is 17.0. The molecule has 0 unspecified atom stereocenters. The number of nitrogens with zero attached hydrogens (tertiary/aromatic N) is 2. The minimum Gasteiger partial charge on any atom is -0.497 e. The molecule has 2 rings (SSSR count). The maximum Gasteiger partial charge on any atom is 0.333 e. The third-order valence-corrected chi connectivity index (χ3v) is 4.13. The molecule has 6 nitrogen and oxygen atoms in total. The number of rotatable bonds is 9.